The van der Waals surface area contributed by atoms with Crippen LogP contribution < -0.4 is 19.6 Å². The number of hydrogen-bond acceptors (Lipinski definition) is 4. The molecule has 0 atom stereocenters. The van der Waals surface area contributed by atoms with Gasteiger partial charge in [0.05, 0.1) is 22.7 Å². The second-order valence-corrected chi connectivity index (χ2v) is 22.7. The van der Waals surface area contributed by atoms with E-state index in [0.29, 0.717) is 0 Å². The topological polar surface area (TPSA) is 13.0 Å². The normalized spacial score (nSPS) is 11.6. The molecule has 0 heterocycles. The summed E-state index contributed by atoms with van der Waals surface area (Å²) in [5.41, 5.74) is 18.2. The number of anilines is 12. The Kier molecular flexibility index (Phi) is 13.8. The van der Waals surface area contributed by atoms with Crippen LogP contribution >= 0.6 is 0 Å². The Morgan fingerprint density at radius 2 is 0.375 bits per heavy atom. The third-order valence-corrected chi connectivity index (χ3v) is 15.3. The van der Waals surface area contributed by atoms with E-state index in [-0.39, 0.29) is 10.8 Å². The predicted octanol–water partition coefficient (Wildman–Crippen LogP) is 22.1. The van der Waals surface area contributed by atoms with Crippen molar-refractivity contribution in [3.8, 4) is 11.1 Å². The molecule has 80 heavy (non-hydrogen) atoms. The Bertz CT molecular complexity index is 3760. The minimum absolute atomic E-state index is 0.0532. The zero-order valence-electron chi connectivity index (χ0n) is 46.5. The van der Waals surface area contributed by atoms with E-state index >= 15 is 0 Å². The van der Waals surface area contributed by atoms with Crippen LogP contribution in [0.1, 0.15) is 52.7 Å². The van der Waals surface area contributed by atoms with Gasteiger partial charge in [-0.15, -0.1) is 0 Å². The lowest BCUT2D eigenvalue weighted by molar-refractivity contribution is 0.590. The van der Waals surface area contributed by atoms with Gasteiger partial charge in [-0.05, 0) is 154 Å². The van der Waals surface area contributed by atoms with Crippen molar-refractivity contribution in [2.24, 2.45) is 0 Å². The van der Waals surface area contributed by atoms with Crippen LogP contribution in [-0.2, 0) is 10.8 Å². The molecule has 0 spiro atoms. The molecule has 0 N–H and O–H groups in total. The van der Waals surface area contributed by atoms with Crippen LogP contribution in [-0.4, -0.2) is 0 Å². The number of hydrogen-bond donors (Lipinski definition) is 0. The number of benzene rings is 12. The molecule has 0 radical (unpaired) electrons. The van der Waals surface area contributed by atoms with Crippen molar-refractivity contribution in [3.05, 3.63) is 302 Å². The first-order valence-electron chi connectivity index (χ1n) is 27.8. The van der Waals surface area contributed by atoms with Gasteiger partial charge in [-0.2, -0.15) is 0 Å². The fraction of sp³-hybridized carbons (Fsp3) is 0.105. The Balaban J connectivity index is 0.898. The molecule has 0 amide bonds. The summed E-state index contributed by atoms with van der Waals surface area (Å²) in [6.45, 7) is 13.6. The smallest absolute Gasteiger partial charge is 0.0541 e. The van der Waals surface area contributed by atoms with E-state index in [2.05, 4.69) is 352 Å². The van der Waals surface area contributed by atoms with Gasteiger partial charge in [-0.25, -0.2) is 0 Å². The van der Waals surface area contributed by atoms with Crippen molar-refractivity contribution in [3.63, 3.8) is 0 Å². The number of nitrogens with zero attached hydrogens (tertiary/aromatic N) is 4. The average molecular weight is 1040 g/mol. The van der Waals surface area contributed by atoms with Crippen molar-refractivity contribution in [2.45, 2.75) is 52.4 Å². The Morgan fingerprint density at radius 3 is 0.588 bits per heavy atom. The number of fused-ring (bicyclic) bond motifs is 2. The minimum Gasteiger partial charge on any atom is -0.310 e. The first-order chi connectivity index (χ1) is 39.0. The fourth-order valence-electron chi connectivity index (χ4n) is 11.2. The van der Waals surface area contributed by atoms with Crippen LogP contribution in [0.2, 0.25) is 0 Å². The quantitative estimate of drug-likeness (QED) is 0.114. The van der Waals surface area contributed by atoms with Gasteiger partial charge in [-0.3, -0.25) is 0 Å². The van der Waals surface area contributed by atoms with Crippen LogP contribution in [0.3, 0.4) is 0 Å². The van der Waals surface area contributed by atoms with Crippen molar-refractivity contribution in [1.82, 2.24) is 0 Å². The van der Waals surface area contributed by atoms with E-state index in [4.69, 9.17) is 0 Å². The van der Waals surface area contributed by atoms with E-state index in [9.17, 15) is 0 Å². The SMILES string of the molecule is CC(C)(C)c1ccc(N(c2ccccc2)c2ccc(N(c3ccccc3)c3ccc(-c4ccc(N(c5ccccc5)c5ccc(N(c6ccccc6)c6ccc(C(C)(C)C)cc6)c6ccccc56)cc4)cc3)c3ccccc23)cc1. The van der Waals surface area contributed by atoms with E-state index in [1.54, 1.807) is 0 Å². The zero-order valence-corrected chi connectivity index (χ0v) is 46.5. The highest BCUT2D eigenvalue weighted by Crippen LogP contribution is 2.48. The summed E-state index contributed by atoms with van der Waals surface area (Å²) in [4.78, 5) is 9.55. The van der Waals surface area contributed by atoms with Crippen molar-refractivity contribution < 1.29 is 0 Å². The maximum atomic E-state index is 2.39. The predicted molar refractivity (Wildman–Crippen MR) is 343 cm³/mol. The monoisotopic (exact) mass is 1030 g/mol. The highest BCUT2D eigenvalue weighted by Gasteiger charge is 2.24. The van der Waals surface area contributed by atoms with Crippen LogP contribution in [0.15, 0.2) is 291 Å². The van der Waals surface area contributed by atoms with E-state index in [1.165, 1.54) is 11.1 Å². The molecule has 0 aromatic heterocycles. The Morgan fingerprint density at radius 1 is 0.188 bits per heavy atom. The van der Waals surface area contributed by atoms with E-state index in [0.717, 1.165) is 101 Å². The summed E-state index contributed by atoms with van der Waals surface area (Å²) < 4.78 is 0. The minimum atomic E-state index is 0.0532. The first-order valence-corrected chi connectivity index (χ1v) is 27.8. The van der Waals surface area contributed by atoms with Gasteiger partial charge >= 0.3 is 0 Å². The molecule has 4 heteroatoms. The van der Waals surface area contributed by atoms with E-state index < -0.39 is 0 Å². The van der Waals surface area contributed by atoms with Crippen LogP contribution in [0.25, 0.3) is 32.7 Å². The Hall–Kier alpha value is -9.64. The molecule has 0 aliphatic heterocycles. The summed E-state index contributed by atoms with van der Waals surface area (Å²) >= 11 is 0. The van der Waals surface area contributed by atoms with Crippen molar-refractivity contribution in [2.75, 3.05) is 19.6 Å². The molecule has 390 valence electrons. The van der Waals surface area contributed by atoms with Crippen LogP contribution in [0, 0.1) is 0 Å². The second kappa shape index (κ2) is 21.6. The lowest BCUT2D eigenvalue weighted by atomic mass is 9.87. The van der Waals surface area contributed by atoms with Gasteiger partial charge < -0.3 is 19.6 Å². The maximum absolute atomic E-state index is 2.39. The zero-order chi connectivity index (χ0) is 54.8. The number of rotatable bonds is 13. The van der Waals surface area contributed by atoms with Crippen molar-refractivity contribution >= 4 is 89.8 Å². The summed E-state index contributed by atoms with van der Waals surface area (Å²) in [6, 6.07) is 106. The molecule has 0 bridgehead atoms. The maximum Gasteiger partial charge on any atom is 0.0541 e. The van der Waals surface area contributed by atoms with E-state index in [1.807, 2.05) is 0 Å². The molecule has 0 unspecified atom stereocenters. The Labute approximate surface area is 472 Å². The molecule has 12 aromatic carbocycles. The van der Waals surface area contributed by atoms with Gasteiger partial charge in [0.2, 0.25) is 0 Å². The van der Waals surface area contributed by atoms with Gasteiger partial charge in [0.15, 0.2) is 0 Å². The molecule has 0 saturated heterocycles. The molecular weight excluding hydrogens is 969 g/mol. The third kappa shape index (κ3) is 10.2. The fourth-order valence-corrected chi connectivity index (χ4v) is 11.2. The lowest BCUT2D eigenvalue weighted by Gasteiger charge is -2.31. The lowest BCUT2D eigenvalue weighted by Crippen LogP contribution is -2.14. The van der Waals surface area contributed by atoms with Crippen LogP contribution in [0.4, 0.5) is 68.2 Å². The number of para-hydroxylation sites is 4. The summed E-state index contributed by atoms with van der Waals surface area (Å²) in [7, 11) is 0. The van der Waals surface area contributed by atoms with Gasteiger partial charge in [-0.1, -0.05) is 211 Å². The molecule has 0 aliphatic carbocycles. The molecule has 12 aromatic rings. The largest absolute Gasteiger partial charge is 0.310 e. The third-order valence-electron chi connectivity index (χ3n) is 15.3. The first kappa shape index (κ1) is 51.1. The summed E-state index contributed by atoms with van der Waals surface area (Å²) in [5, 5.41) is 4.64. The molecule has 12 rings (SSSR count). The van der Waals surface area contributed by atoms with Crippen LogP contribution in [0.5, 0.6) is 0 Å². The standard InChI is InChI=1S/C76H66N4/c1-75(2,3)57-39-47-65(48-40-57)79(61-27-15-9-16-28-61)73-53-51-71(67-31-19-21-33-69(67)73)77(59-23-11-7-12-24-59)63-43-35-55(36-44-63)56-37-45-64(46-38-56)78(60-25-13-8-14-26-60)72-52-54-74(70-34-22-20-32-68(70)72)80(62-29-17-10-18-30-62)66-49-41-58(42-50-66)76(4,5)6/h7-54H,1-6H3. The second-order valence-electron chi connectivity index (χ2n) is 22.7. The average Bonchev–Trinajstić information content (AvgIpc) is 3.52. The molecule has 0 aliphatic rings. The molecule has 0 fully saturated rings. The molecule has 4 nitrogen and oxygen atoms in total. The highest BCUT2D eigenvalue weighted by atomic mass is 15.2. The van der Waals surface area contributed by atoms with Gasteiger partial charge in [0, 0.05) is 67.0 Å². The van der Waals surface area contributed by atoms with Gasteiger partial charge in [0.1, 0.15) is 0 Å². The highest BCUT2D eigenvalue weighted by molar-refractivity contribution is 6.09. The molecular formula is C76H66N4. The summed E-state index contributed by atoms with van der Waals surface area (Å²) in [5.74, 6) is 0. The van der Waals surface area contributed by atoms with Gasteiger partial charge in [0.25, 0.3) is 0 Å². The molecule has 0 saturated carbocycles. The van der Waals surface area contributed by atoms with Crippen molar-refractivity contribution in [1.29, 1.82) is 0 Å². The summed E-state index contributed by atoms with van der Waals surface area (Å²) in [6.07, 6.45) is 0.